The Morgan fingerprint density at radius 1 is 1.32 bits per heavy atom. The van der Waals surface area contributed by atoms with Gasteiger partial charge in [-0.2, -0.15) is 0 Å². The highest BCUT2D eigenvalue weighted by molar-refractivity contribution is 5.70. The summed E-state index contributed by atoms with van der Waals surface area (Å²) in [4.78, 5) is 14.1. The molecule has 0 radical (unpaired) electrons. The zero-order valence-corrected chi connectivity index (χ0v) is 13.8. The summed E-state index contributed by atoms with van der Waals surface area (Å²) in [5.74, 6) is -0.179. The summed E-state index contributed by atoms with van der Waals surface area (Å²) in [6, 6.07) is 8.75. The molecule has 0 saturated heterocycles. The predicted molar refractivity (Wildman–Crippen MR) is 86.6 cm³/mol. The average molecular weight is 305 g/mol. The monoisotopic (exact) mass is 305 g/mol. The maximum absolute atomic E-state index is 11.9. The van der Waals surface area contributed by atoms with Crippen molar-refractivity contribution in [2.45, 2.75) is 51.7 Å². The Bertz CT molecular complexity index is 507. The van der Waals surface area contributed by atoms with Gasteiger partial charge in [-0.3, -0.25) is 9.69 Å². The Morgan fingerprint density at radius 3 is 2.73 bits per heavy atom. The van der Waals surface area contributed by atoms with Crippen molar-refractivity contribution in [1.82, 2.24) is 4.90 Å². The minimum Gasteiger partial charge on any atom is -0.460 e. The molecule has 122 valence electrons. The second kappa shape index (κ2) is 7.25. The molecule has 1 aliphatic rings. The molecule has 0 amide bonds. The molecule has 1 aromatic rings. The highest BCUT2D eigenvalue weighted by atomic mass is 16.6. The Kier molecular flexibility index (Phi) is 5.59. The van der Waals surface area contributed by atoms with E-state index in [9.17, 15) is 9.90 Å². The highest BCUT2D eigenvalue weighted by Gasteiger charge is 2.28. The first-order chi connectivity index (χ1) is 10.4. The number of aliphatic hydroxyl groups is 1. The Hall–Kier alpha value is -1.39. The van der Waals surface area contributed by atoms with E-state index in [1.54, 1.807) is 0 Å². The highest BCUT2D eigenvalue weighted by Crippen LogP contribution is 2.35. The van der Waals surface area contributed by atoms with E-state index in [0.717, 1.165) is 12.8 Å². The number of carbonyl (C=O) groups excluding carboxylic acids is 1. The molecule has 22 heavy (non-hydrogen) atoms. The third-order valence-electron chi connectivity index (χ3n) is 3.95. The normalized spacial score (nSPS) is 17.6. The lowest BCUT2D eigenvalue weighted by Gasteiger charge is -2.29. The summed E-state index contributed by atoms with van der Waals surface area (Å²) >= 11 is 0. The van der Waals surface area contributed by atoms with E-state index in [2.05, 4.69) is 29.2 Å². The minimum absolute atomic E-state index is 0.104. The average Bonchev–Trinajstić information content (AvgIpc) is 2.85. The van der Waals surface area contributed by atoms with Gasteiger partial charge < -0.3 is 9.84 Å². The van der Waals surface area contributed by atoms with Crippen molar-refractivity contribution in [3.63, 3.8) is 0 Å². The van der Waals surface area contributed by atoms with Crippen LogP contribution in [0.5, 0.6) is 0 Å². The van der Waals surface area contributed by atoms with Crippen molar-refractivity contribution >= 4 is 5.97 Å². The molecule has 1 atom stereocenters. The first-order valence-corrected chi connectivity index (χ1v) is 8.05. The van der Waals surface area contributed by atoms with Gasteiger partial charge in [-0.1, -0.05) is 24.3 Å². The summed E-state index contributed by atoms with van der Waals surface area (Å²) in [5.41, 5.74) is 2.27. The largest absolute Gasteiger partial charge is 0.460 e. The lowest BCUT2D eigenvalue weighted by atomic mass is 10.1. The third-order valence-corrected chi connectivity index (χ3v) is 3.95. The fraction of sp³-hybridized carbons (Fsp3) is 0.611. The van der Waals surface area contributed by atoms with Gasteiger partial charge in [0.05, 0.1) is 13.0 Å². The van der Waals surface area contributed by atoms with E-state index in [-0.39, 0.29) is 12.6 Å². The van der Waals surface area contributed by atoms with Crippen LogP contribution in [0.1, 0.15) is 50.8 Å². The number of benzene rings is 1. The van der Waals surface area contributed by atoms with E-state index in [1.165, 1.54) is 11.1 Å². The second-order valence-corrected chi connectivity index (χ2v) is 6.85. The van der Waals surface area contributed by atoms with Crippen LogP contribution in [0, 0.1) is 0 Å². The maximum Gasteiger partial charge on any atom is 0.307 e. The molecule has 0 saturated carbocycles. The SMILES string of the molecule is CC(C)(C)OC(=O)CCN(CCO)C1CCc2ccccc21. The summed E-state index contributed by atoms with van der Waals surface area (Å²) in [6.45, 7) is 6.94. The number of fused-ring (bicyclic) bond motifs is 1. The van der Waals surface area contributed by atoms with Gasteiger partial charge in [0.1, 0.15) is 5.60 Å². The molecule has 4 heteroatoms. The smallest absolute Gasteiger partial charge is 0.307 e. The van der Waals surface area contributed by atoms with Gasteiger partial charge in [0.2, 0.25) is 0 Å². The Balaban J connectivity index is 1.98. The van der Waals surface area contributed by atoms with Crippen molar-refractivity contribution in [2.75, 3.05) is 19.7 Å². The van der Waals surface area contributed by atoms with Gasteiger partial charge in [0.25, 0.3) is 0 Å². The van der Waals surface area contributed by atoms with Crippen molar-refractivity contribution in [3.05, 3.63) is 35.4 Å². The van der Waals surface area contributed by atoms with Gasteiger partial charge in [-0.05, 0) is 44.7 Å². The van der Waals surface area contributed by atoms with Crippen LogP contribution in [0.3, 0.4) is 0 Å². The minimum atomic E-state index is -0.446. The van der Waals surface area contributed by atoms with Crippen LogP contribution >= 0.6 is 0 Å². The van der Waals surface area contributed by atoms with Crippen LogP contribution in [0.2, 0.25) is 0 Å². The zero-order valence-electron chi connectivity index (χ0n) is 13.8. The molecular weight excluding hydrogens is 278 g/mol. The van der Waals surface area contributed by atoms with Crippen LogP contribution < -0.4 is 0 Å². The summed E-state index contributed by atoms with van der Waals surface area (Å²) in [5, 5.41) is 9.34. The molecule has 0 heterocycles. The maximum atomic E-state index is 11.9. The number of hydrogen-bond donors (Lipinski definition) is 1. The van der Waals surface area contributed by atoms with Gasteiger partial charge in [-0.15, -0.1) is 0 Å². The van der Waals surface area contributed by atoms with Crippen LogP contribution in [-0.2, 0) is 16.0 Å². The molecule has 1 N–H and O–H groups in total. The second-order valence-electron chi connectivity index (χ2n) is 6.85. The van der Waals surface area contributed by atoms with Crippen molar-refractivity contribution in [3.8, 4) is 0 Å². The third kappa shape index (κ3) is 4.55. The Labute approximate surface area is 133 Å². The number of ether oxygens (including phenoxy) is 1. The van der Waals surface area contributed by atoms with E-state index >= 15 is 0 Å². The molecule has 0 bridgehead atoms. The molecule has 4 nitrogen and oxygen atoms in total. The fourth-order valence-electron chi connectivity index (χ4n) is 3.09. The molecule has 1 aliphatic carbocycles. The van der Waals surface area contributed by atoms with E-state index in [4.69, 9.17) is 4.74 Å². The number of carbonyl (C=O) groups is 1. The van der Waals surface area contributed by atoms with Crippen LogP contribution in [-0.4, -0.2) is 41.3 Å². The van der Waals surface area contributed by atoms with Gasteiger partial charge >= 0.3 is 5.97 Å². The summed E-state index contributed by atoms with van der Waals surface area (Å²) < 4.78 is 5.37. The van der Waals surface area contributed by atoms with Crippen molar-refractivity contribution in [2.24, 2.45) is 0 Å². The number of aryl methyl sites for hydroxylation is 1. The van der Waals surface area contributed by atoms with E-state index < -0.39 is 5.60 Å². The topological polar surface area (TPSA) is 49.8 Å². The molecule has 0 aromatic heterocycles. The number of esters is 1. The van der Waals surface area contributed by atoms with Gasteiger partial charge in [-0.25, -0.2) is 0 Å². The van der Waals surface area contributed by atoms with Gasteiger partial charge in [0, 0.05) is 19.1 Å². The molecular formula is C18H27NO3. The van der Waals surface area contributed by atoms with Crippen LogP contribution in [0.25, 0.3) is 0 Å². The summed E-state index contributed by atoms with van der Waals surface area (Å²) in [6.07, 6.45) is 2.47. The zero-order chi connectivity index (χ0) is 16.2. The number of hydrogen-bond acceptors (Lipinski definition) is 4. The number of aliphatic hydroxyl groups excluding tert-OH is 1. The first kappa shape index (κ1) is 17.0. The molecule has 1 aromatic carbocycles. The predicted octanol–water partition coefficient (Wildman–Crippen LogP) is 2.70. The summed E-state index contributed by atoms with van der Waals surface area (Å²) in [7, 11) is 0. The van der Waals surface area contributed by atoms with E-state index in [1.807, 2.05) is 20.8 Å². The lowest BCUT2D eigenvalue weighted by Crippen LogP contribution is -2.34. The molecule has 2 rings (SSSR count). The van der Waals surface area contributed by atoms with E-state index in [0.29, 0.717) is 25.6 Å². The number of nitrogens with zero attached hydrogens (tertiary/aromatic N) is 1. The van der Waals surface area contributed by atoms with Crippen LogP contribution in [0.15, 0.2) is 24.3 Å². The standard InChI is InChI=1S/C18H27NO3/c1-18(2,3)22-17(21)10-11-19(12-13-20)16-9-8-14-6-4-5-7-15(14)16/h4-7,16,20H,8-13H2,1-3H3. The van der Waals surface area contributed by atoms with Crippen LogP contribution in [0.4, 0.5) is 0 Å². The lowest BCUT2D eigenvalue weighted by molar-refractivity contribution is -0.155. The quantitative estimate of drug-likeness (QED) is 0.821. The number of rotatable bonds is 6. The van der Waals surface area contributed by atoms with Gasteiger partial charge in [0.15, 0.2) is 0 Å². The molecule has 0 fully saturated rings. The molecule has 1 unspecified atom stereocenters. The van der Waals surface area contributed by atoms with Crippen molar-refractivity contribution < 1.29 is 14.6 Å². The molecule has 0 aliphatic heterocycles. The molecule has 0 spiro atoms. The Morgan fingerprint density at radius 2 is 2.05 bits per heavy atom. The first-order valence-electron chi connectivity index (χ1n) is 8.05. The fourth-order valence-corrected chi connectivity index (χ4v) is 3.09. The van der Waals surface area contributed by atoms with Crippen molar-refractivity contribution in [1.29, 1.82) is 0 Å².